The number of aromatic hydroxyl groups is 1. The van der Waals surface area contributed by atoms with Crippen molar-refractivity contribution in [1.82, 2.24) is 0 Å². The van der Waals surface area contributed by atoms with Crippen LogP contribution in [0.25, 0.3) is 11.1 Å². The predicted molar refractivity (Wildman–Crippen MR) is 84.5 cm³/mol. The van der Waals surface area contributed by atoms with Gasteiger partial charge in [-0.05, 0) is 54.3 Å². The number of ether oxygens (including phenoxy) is 2. The Labute approximate surface area is 134 Å². The first-order valence-corrected chi connectivity index (χ1v) is 9.07. The summed E-state index contributed by atoms with van der Waals surface area (Å²) in [6.45, 7) is 0.181. The van der Waals surface area contributed by atoms with E-state index in [1.165, 1.54) is 6.07 Å². The highest BCUT2D eigenvalue weighted by Gasteiger charge is 2.33. The van der Waals surface area contributed by atoms with E-state index in [0.717, 1.165) is 12.0 Å². The molecule has 2 aromatic carbocycles. The van der Waals surface area contributed by atoms with Crippen molar-refractivity contribution in [2.75, 3.05) is 6.79 Å². The first-order valence-electron chi connectivity index (χ1n) is 7.52. The number of hydrogen-bond donors (Lipinski definition) is 1. The Hall–Kier alpha value is -2.21. The predicted octanol–water partition coefficient (Wildman–Crippen LogP) is 3.11. The van der Waals surface area contributed by atoms with Crippen LogP contribution in [0.15, 0.2) is 41.3 Å². The van der Waals surface area contributed by atoms with E-state index in [-0.39, 0.29) is 22.7 Å². The number of benzene rings is 2. The van der Waals surface area contributed by atoms with Crippen LogP contribution in [0.4, 0.5) is 0 Å². The number of phenols is 1. The van der Waals surface area contributed by atoms with E-state index < -0.39 is 9.84 Å². The van der Waals surface area contributed by atoms with E-state index in [4.69, 9.17) is 9.47 Å². The third kappa shape index (κ3) is 2.43. The largest absolute Gasteiger partial charge is 0.508 e. The molecular formula is C17H16O5S. The molecule has 1 aliphatic heterocycles. The summed E-state index contributed by atoms with van der Waals surface area (Å²) in [7, 11) is -3.38. The van der Waals surface area contributed by atoms with Crippen molar-refractivity contribution in [1.29, 1.82) is 0 Å². The molecule has 5 nitrogen and oxygen atoms in total. The summed E-state index contributed by atoms with van der Waals surface area (Å²) >= 11 is 0. The average Bonchev–Trinajstić information content (AvgIpc) is 2.91. The van der Waals surface area contributed by atoms with E-state index in [1.54, 1.807) is 24.3 Å². The molecule has 23 heavy (non-hydrogen) atoms. The molecule has 0 radical (unpaired) electrons. The zero-order valence-corrected chi connectivity index (χ0v) is 13.2. The Morgan fingerprint density at radius 2 is 1.74 bits per heavy atom. The molecule has 0 unspecified atom stereocenters. The van der Waals surface area contributed by atoms with Crippen LogP contribution in [0, 0.1) is 0 Å². The van der Waals surface area contributed by atoms with Crippen molar-refractivity contribution in [2.45, 2.75) is 29.4 Å². The Morgan fingerprint density at radius 1 is 0.957 bits per heavy atom. The molecule has 120 valence electrons. The van der Waals surface area contributed by atoms with Gasteiger partial charge in [-0.1, -0.05) is 12.5 Å². The van der Waals surface area contributed by atoms with E-state index >= 15 is 0 Å². The van der Waals surface area contributed by atoms with Crippen LogP contribution in [0.3, 0.4) is 0 Å². The molecule has 4 rings (SSSR count). The zero-order valence-electron chi connectivity index (χ0n) is 12.4. The first kappa shape index (κ1) is 14.4. The molecule has 1 N–H and O–H groups in total. The summed E-state index contributed by atoms with van der Waals surface area (Å²) < 4.78 is 35.8. The minimum absolute atomic E-state index is 0.0573. The number of rotatable bonds is 3. The summed E-state index contributed by atoms with van der Waals surface area (Å²) in [6, 6.07) is 9.88. The molecule has 0 bridgehead atoms. The van der Waals surface area contributed by atoms with Crippen molar-refractivity contribution in [3.05, 3.63) is 36.4 Å². The normalized spacial score (nSPS) is 17.0. The molecule has 0 spiro atoms. The van der Waals surface area contributed by atoms with Crippen molar-refractivity contribution in [3.63, 3.8) is 0 Å². The standard InChI is InChI=1S/C17H16O5S/c18-13-6-12(11-4-5-16-17(8-11)22-10-21-16)7-15(9-13)23(19,20)14-2-1-3-14/h4-9,14,18H,1-3,10H2. The molecule has 1 heterocycles. The molecule has 1 saturated carbocycles. The van der Waals surface area contributed by atoms with E-state index in [1.807, 2.05) is 6.07 Å². The van der Waals surface area contributed by atoms with Gasteiger partial charge in [0.15, 0.2) is 21.3 Å². The van der Waals surface area contributed by atoms with Crippen LogP contribution in [-0.4, -0.2) is 25.6 Å². The van der Waals surface area contributed by atoms with E-state index in [9.17, 15) is 13.5 Å². The van der Waals surface area contributed by atoms with Gasteiger partial charge in [-0.2, -0.15) is 0 Å². The lowest BCUT2D eigenvalue weighted by molar-refractivity contribution is 0.174. The van der Waals surface area contributed by atoms with Crippen molar-refractivity contribution >= 4 is 9.84 Å². The second kappa shape index (κ2) is 5.16. The van der Waals surface area contributed by atoms with Crippen LogP contribution in [0.5, 0.6) is 17.2 Å². The molecule has 0 aromatic heterocycles. The van der Waals surface area contributed by atoms with Crippen molar-refractivity contribution < 1.29 is 23.0 Å². The highest BCUT2D eigenvalue weighted by Crippen LogP contribution is 2.38. The van der Waals surface area contributed by atoms with Gasteiger partial charge in [-0.3, -0.25) is 0 Å². The maximum atomic E-state index is 12.6. The highest BCUT2D eigenvalue weighted by atomic mass is 32.2. The summed E-state index contributed by atoms with van der Waals surface area (Å²) in [5.41, 5.74) is 1.41. The van der Waals surface area contributed by atoms with Crippen LogP contribution in [-0.2, 0) is 9.84 Å². The van der Waals surface area contributed by atoms with Crippen LogP contribution in [0.1, 0.15) is 19.3 Å². The van der Waals surface area contributed by atoms with Crippen LogP contribution in [0.2, 0.25) is 0 Å². The van der Waals surface area contributed by atoms with Gasteiger partial charge in [0, 0.05) is 0 Å². The molecular weight excluding hydrogens is 316 g/mol. The van der Waals surface area contributed by atoms with Gasteiger partial charge in [-0.25, -0.2) is 8.42 Å². The molecule has 1 fully saturated rings. The third-order valence-corrected chi connectivity index (χ3v) is 6.66. The van der Waals surface area contributed by atoms with Gasteiger partial charge in [0.1, 0.15) is 5.75 Å². The van der Waals surface area contributed by atoms with E-state index in [2.05, 4.69) is 0 Å². The number of sulfone groups is 1. The zero-order chi connectivity index (χ0) is 16.0. The number of phenolic OH excluding ortho intramolecular Hbond substituents is 1. The van der Waals surface area contributed by atoms with Crippen molar-refractivity contribution in [3.8, 4) is 28.4 Å². The monoisotopic (exact) mass is 332 g/mol. The lowest BCUT2D eigenvalue weighted by atomic mass is 10.00. The molecule has 6 heteroatoms. The fraction of sp³-hybridized carbons (Fsp3) is 0.294. The number of fused-ring (bicyclic) bond motifs is 1. The van der Waals surface area contributed by atoms with Gasteiger partial charge in [0.05, 0.1) is 10.1 Å². The maximum Gasteiger partial charge on any atom is 0.231 e. The van der Waals surface area contributed by atoms with Gasteiger partial charge in [-0.15, -0.1) is 0 Å². The maximum absolute atomic E-state index is 12.6. The van der Waals surface area contributed by atoms with Gasteiger partial charge < -0.3 is 14.6 Å². The smallest absolute Gasteiger partial charge is 0.231 e. The van der Waals surface area contributed by atoms with Crippen LogP contribution < -0.4 is 9.47 Å². The molecule has 0 atom stereocenters. The highest BCUT2D eigenvalue weighted by molar-refractivity contribution is 7.92. The Bertz CT molecular complexity index is 869. The third-order valence-electron chi connectivity index (χ3n) is 4.42. The fourth-order valence-corrected chi connectivity index (χ4v) is 4.78. The van der Waals surface area contributed by atoms with Gasteiger partial charge in [0.25, 0.3) is 0 Å². The Morgan fingerprint density at radius 3 is 2.48 bits per heavy atom. The average molecular weight is 332 g/mol. The second-order valence-electron chi connectivity index (χ2n) is 5.88. The van der Waals surface area contributed by atoms with Gasteiger partial charge in [0.2, 0.25) is 6.79 Å². The quantitative estimate of drug-likeness (QED) is 0.935. The second-order valence-corrected chi connectivity index (χ2v) is 8.11. The lowest BCUT2D eigenvalue weighted by Crippen LogP contribution is -2.28. The molecule has 2 aliphatic rings. The summed E-state index contributed by atoms with van der Waals surface area (Å²) in [4.78, 5) is 0.176. The Kier molecular flexibility index (Phi) is 3.23. The van der Waals surface area contributed by atoms with Gasteiger partial charge >= 0.3 is 0 Å². The SMILES string of the molecule is O=S(=O)(c1cc(O)cc(-c2ccc3c(c2)OCO3)c1)C1CCC1. The minimum Gasteiger partial charge on any atom is -0.508 e. The lowest BCUT2D eigenvalue weighted by Gasteiger charge is -2.25. The summed E-state index contributed by atoms with van der Waals surface area (Å²) in [5.74, 6) is 1.23. The topological polar surface area (TPSA) is 72.8 Å². The van der Waals surface area contributed by atoms with Crippen molar-refractivity contribution in [2.24, 2.45) is 0 Å². The molecule has 0 amide bonds. The summed E-state index contributed by atoms with van der Waals surface area (Å²) in [5, 5.41) is 9.64. The minimum atomic E-state index is -3.38. The molecule has 2 aromatic rings. The number of hydrogen-bond acceptors (Lipinski definition) is 5. The first-order chi connectivity index (χ1) is 11.0. The molecule has 1 aliphatic carbocycles. The summed E-state index contributed by atoms with van der Waals surface area (Å²) in [6.07, 6.45) is 2.33. The van der Waals surface area contributed by atoms with Crippen LogP contribution >= 0.6 is 0 Å². The van der Waals surface area contributed by atoms with E-state index in [0.29, 0.717) is 29.9 Å². The Balaban J connectivity index is 1.78. The fourth-order valence-electron chi connectivity index (χ4n) is 2.86. The molecule has 0 saturated heterocycles.